The van der Waals surface area contributed by atoms with Crippen LogP contribution in [0.15, 0.2) is 35.9 Å². The summed E-state index contributed by atoms with van der Waals surface area (Å²) in [6, 6.07) is 4.34. The first-order valence-electron chi connectivity index (χ1n) is 17.5. The number of allylic oxidation sites excluding steroid dienone is 1. The molecule has 4 saturated carbocycles. The Balaban J connectivity index is 1.41. The first-order chi connectivity index (χ1) is 21.7. The number of esters is 1. The van der Waals surface area contributed by atoms with E-state index in [1.165, 1.54) is 18.2 Å². The molecule has 1 aromatic carbocycles. The molecular formula is C39H54O8. The predicted octanol–water partition coefficient (Wildman–Crippen LogP) is 7.20. The minimum absolute atomic E-state index is 0.0109. The topological polar surface area (TPSA) is 145 Å². The molecule has 1 aromatic rings. The number of aromatic hydroxyl groups is 2. The van der Waals surface area contributed by atoms with Crippen LogP contribution in [0.25, 0.3) is 6.08 Å². The van der Waals surface area contributed by atoms with Gasteiger partial charge in [-0.2, -0.15) is 0 Å². The second-order valence-electron chi connectivity index (χ2n) is 17.7. The number of benzene rings is 1. The fourth-order valence-electron chi connectivity index (χ4n) is 11.7. The van der Waals surface area contributed by atoms with Crippen LogP contribution >= 0.6 is 0 Å². The molecule has 0 spiro atoms. The van der Waals surface area contributed by atoms with Gasteiger partial charge in [-0.3, -0.25) is 4.79 Å². The fraction of sp³-hybridized carbons (Fsp3) is 0.692. The molecule has 7 atom stereocenters. The van der Waals surface area contributed by atoms with E-state index in [4.69, 9.17) is 4.74 Å². The average molecular weight is 651 g/mol. The second-order valence-corrected chi connectivity index (χ2v) is 17.7. The van der Waals surface area contributed by atoms with Crippen LogP contribution in [0.1, 0.15) is 111 Å². The fourth-order valence-corrected chi connectivity index (χ4v) is 11.7. The molecule has 0 radical (unpaired) electrons. The van der Waals surface area contributed by atoms with Crippen LogP contribution < -0.4 is 0 Å². The Bertz CT molecular complexity index is 1520. The molecule has 0 saturated heterocycles. The maximum atomic E-state index is 13.4. The highest BCUT2D eigenvalue weighted by atomic mass is 16.5. The van der Waals surface area contributed by atoms with Crippen molar-refractivity contribution in [2.75, 3.05) is 6.61 Å². The molecule has 5 aliphatic rings. The molecule has 4 fully saturated rings. The van der Waals surface area contributed by atoms with Gasteiger partial charge in [-0.05, 0) is 116 Å². The van der Waals surface area contributed by atoms with Crippen molar-refractivity contribution in [3.8, 4) is 11.5 Å². The van der Waals surface area contributed by atoms with E-state index in [0.717, 1.165) is 37.7 Å². The summed E-state index contributed by atoms with van der Waals surface area (Å²) in [4.78, 5) is 26.5. The maximum Gasteiger partial charge on any atom is 0.330 e. The van der Waals surface area contributed by atoms with Crippen molar-refractivity contribution >= 4 is 18.0 Å². The predicted molar refractivity (Wildman–Crippen MR) is 178 cm³/mol. The minimum Gasteiger partial charge on any atom is -0.504 e. The number of carboxylic acids is 1. The van der Waals surface area contributed by atoms with E-state index in [2.05, 4.69) is 33.8 Å². The molecule has 0 amide bonds. The molecule has 258 valence electrons. The second kappa shape index (κ2) is 10.8. The van der Waals surface area contributed by atoms with Gasteiger partial charge in [-0.1, -0.05) is 59.3 Å². The van der Waals surface area contributed by atoms with Crippen molar-refractivity contribution in [2.45, 2.75) is 112 Å². The third-order valence-electron chi connectivity index (χ3n) is 14.8. The zero-order valence-corrected chi connectivity index (χ0v) is 28.9. The third-order valence-corrected chi connectivity index (χ3v) is 14.8. The van der Waals surface area contributed by atoms with Crippen molar-refractivity contribution < 1.29 is 39.9 Å². The van der Waals surface area contributed by atoms with Crippen LogP contribution in [0.3, 0.4) is 0 Å². The lowest BCUT2D eigenvalue weighted by Gasteiger charge is -2.71. The molecule has 47 heavy (non-hydrogen) atoms. The summed E-state index contributed by atoms with van der Waals surface area (Å²) >= 11 is 0. The number of aliphatic carboxylic acids is 1. The molecular weight excluding hydrogens is 596 g/mol. The van der Waals surface area contributed by atoms with Crippen molar-refractivity contribution in [1.29, 1.82) is 0 Å². The molecule has 5 N–H and O–H groups in total. The summed E-state index contributed by atoms with van der Waals surface area (Å²) in [6.07, 6.45) is 12.1. The van der Waals surface area contributed by atoms with Gasteiger partial charge >= 0.3 is 11.9 Å². The number of rotatable bonds is 5. The summed E-state index contributed by atoms with van der Waals surface area (Å²) in [5, 5.41) is 52.6. The van der Waals surface area contributed by atoms with Crippen LogP contribution in [0.5, 0.6) is 11.5 Å². The standard InChI is InChI=1S/C39H54O8/c1-33(2)15-17-37(32(43)44)18-19-38(23-47-31(42)12-8-24-7-10-27(40)28(41)21-24)25(26(37)22-33)9-11-30-35(5)16-20-39(45,46)34(3,4)29(35)13-14-36(30,38)6/h7-10,12,21,26,29-30,40-41,45-46H,11,13-20,22-23H2,1-6H3,(H,43,44)/t26-,29-,30+,35-,36+,37-,38-/m0/s1. The van der Waals surface area contributed by atoms with Crippen LogP contribution in [-0.2, 0) is 14.3 Å². The van der Waals surface area contributed by atoms with E-state index >= 15 is 0 Å². The van der Waals surface area contributed by atoms with E-state index in [9.17, 15) is 35.1 Å². The number of aliphatic hydroxyl groups is 2. The highest BCUT2D eigenvalue weighted by Crippen LogP contribution is 2.76. The SMILES string of the molecule is CC1(C)CC[C@]2(C(=O)O)CC[C@]3(COC(=O)C=Cc4ccc(O)c(O)c4)C(=CC[C@@H]4[C@@]5(C)CCC(O)(O)C(C)(C)[C@@H]5CC[C@]43C)[C@@H]2C1. The lowest BCUT2D eigenvalue weighted by molar-refractivity contribution is -0.313. The van der Waals surface area contributed by atoms with Gasteiger partial charge in [0.2, 0.25) is 0 Å². The average Bonchev–Trinajstić information content (AvgIpc) is 2.98. The van der Waals surface area contributed by atoms with Crippen LogP contribution in [0.4, 0.5) is 0 Å². The number of hydrogen-bond donors (Lipinski definition) is 5. The summed E-state index contributed by atoms with van der Waals surface area (Å²) < 4.78 is 6.19. The zero-order valence-electron chi connectivity index (χ0n) is 28.9. The summed E-state index contributed by atoms with van der Waals surface area (Å²) in [5.74, 6) is -3.36. The number of hydrogen-bond acceptors (Lipinski definition) is 7. The van der Waals surface area contributed by atoms with Gasteiger partial charge in [0.25, 0.3) is 0 Å². The molecule has 0 aliphatic heterocycles. The van der Waals surface area contributed by atoms with E-state index in [-0.39, 0.29) is 52.1 Å². The van der Waals surface area contributed by atoms with Gasteiger partial charge in [-0.15, -0.1) is 0 Å². The Morgan fingerprint density at radius 3 is 2.28 bits per heavy atom. The number of phenols is 2. The highest BCUT2D eigenvalue weighted by Gasteiger charge is 2.72. The molecule has 8 heteroatoms. The van der Waals surface area contributed by atoms with E-state index in [0.29, 0.717) is 37.7 Å². The lowest BCUT2D eigenvalue weighted by atomic mass is 9.33. The Labute approximate surface area is 278 Å². The van der Waals surface area contributed by atoms with Crippen molar-refractivity contribution in [1.82, 2.24) is 0 Å². The van der Waals surface area contributed by atoms with Gasteiger partial charge < -0.3 is 30.3 Å². The van der Waals surface area contributed by atoms with Crippen molar-refractivity contribution in [2.24, 2.45) is 50.2 Å². The van der Waals surface area contributed by atoms with Gasteiger partial charge in [-0.25, -0.2) is 4.79 Å². The lowest BCUT2D eigenvalue weighted by Crippen LogP contribution is -2.68. The maximum absolute atomic E-state index is 13.4. The normalized spacial score (nSPS) is 39.8. The van der Waals surface area contributed by atoms with E-state index in [1.807, 2.05) is 13.8 Å². The Morgan fingerprint density at radius 2 is 1.60 bits per heavy atom. The Kier molecular flexibility index (Phi) is 7.84. The van der Waals surface area contributed by atoms with E-state index < -0.39 is 34.0 Å². The van der Waals surface area contributed by atoms with Crippen molar-refractivity contribution in [3.05, 3.63) is 41.5 Å². The van der Waals surface area contributed by atoms with Crippen LogP contribution in [-0.4, -0.2) is 49.9 Å². The number of fused-ring (bicyclic) bond motifs is 7. The number of carbonyl (C=O) groups is 2. The van der Waals surface area contributed by atoms with Gasteiger partial charge in [0.1, 0.15) is 6.61 Å². The third kappa shape index (κ3) is 4.90. The Hall–Kier alpha value is -2.84. The number of phenolic OH excluding ortho intramolecular Hbond substituents is 2. The smallest absolute Gasteiger partial charge is 0.330 e. The summed E-state index contributed by atoms with van der Waals surface area (Å²) in [7, 11) is 0. The van der Waals surface area contributed by atoms with Crippen LogP contribution in [0.2, 0.25) is 0 Å². The highest BCUT2D eigenvalue weighted by molar-refractivity contribution is 5.87. The molecule has 8 nitrogen and oxygen atoms in total. The minimum atomic E-state index is -1.74. The number of carboxylic acid groups (broad SMARTS) is 1. The number of carbonyl (C=O) groups excluding carboxylic acids is 1. The summed E-state index contributed by atoms with van der Waals surface area (Å²) in [5.41, 5.74) is -0.878. The molecule has 5 aliphatic carbocycles. The largest absolute Gasteiger partial charge is 0.504 e. The van der Waals surface area contributed by atoms with Crippen LogP contribution in [0, 0.1) is 50.2 Å². The first kappa shape index (κ1) is 34.0. The van der Waals surface area contributed by atoms with Crippen molar-refractivity contribution in [3.63, 3.8) is 0 Å². The number of ether oxygens (including phenoxy) is 1. The van der Waals surface area contributed by atoms with Gasteiger partial charge in [0.05, 0.1) is 5.41 Å². The molecule has 0 unspecified atom stereocenters. The monoisotopic (exact) mass is 650 g/mol. The quantitative estimate of drug-likeness (QED) is 0.0740. The molecule has 0 bridgehead atoms. The van der Waals surface area contributed by atoms with E-state index in [1.54, 1.807) is 12.1 Å². The molecule has 0 heterocycles. The molecule has 0 aromatic heterocycles. The first-order valence-corrected chi connectivity index (χ1v) is 17.5. The van der Waals surface area contributed by atoms with Gasteiger partial charge in [0, 0.05) is 23.3 Å². The van der Waals surface area contributed by atoms with Gasteiger partial charge in [0.15, 0.2) is 17.3 Å². The summed E-state index contributed by atoms with van der Waals surface area (Å²) in [6.45, 7) is 13.3. The zero-order chi connectivity index (χ0) is 34.4. The Morgan fingerprint density at radius 1 is 0.894 bits per heavy atom. The molecule has 6 rings (SSSR count).